The van der Waals surface area contributed by atoms with E-state index in [1.807, 2.05) is 19.1 Å². The second-order valence-corrected chi connectivity index (χ2v) is 9.78. The molecule has 0 bridgehead atoms. The summed E-state index contributed by atoms with van der Waals surface area (Å²) >= 11 is 6.16. The number of hydrogen-bond acceptors (Lipinski definition) is 5. The summed E-state index contributed by atoms with van der Waals surface area (Å²) in [6.07, 6.45) is 2.40. The average molecular weight is 483 g/mol. The maximum atomic E-state index is 12.6. The van der Waals surface area contributed by atoms with E-state index < -0.39 is 10.0 Å². The van der Waals surface area contributed by atoms with E-state index in [0.717, 1.165) is 11.8 Å². The Labute approximate surface area is 195 Å². The Hall–Kier alpha value is -2.45. The fourth-order valence-electron chi connectivity index (χ4n) is 3.47. The molecule has 0 aliphatic heterocycles. The van der Waals surface area contributed by atoms with Gasteiger partial charge in [-0.3, -0.25) is 9.10 Å². The van der Waals surface area contributed by atoms with Crippen LogP contribution in [-0.2, 0) is 14.8 Å². The Morgan fingerprint density at radius 1 is 1.16 bits per heavy atom. The number of carbonyl (C=O) groups is 1. The normalized spacial score (nSPS) is 12.2. The van der Waals surface area contributed by atoms with Crippen molar-refractivity contribution in [3.63, 3.8) is 0 Å². The predicted octanol–water partition coefficient (Wildman–Crippen LogP) is 4.48. The first-order valence-electron chi connectivity index (χ1n) is 10.4. The van der Waals surface area contributed by atoms with Gasteiger partial charge in [0, 0.05) is 18.0 Å². The van der Waals surface area contributed by atoms with E-state index in [-0.39, 0.29) is 24.9 Å². The van der Waals surface area contributed by atoms with Gasteiger partial charge < -0.3 is 14.8 Å². The van der Waals surface area contributed by atoms with Gasteiger partial charge >= 0.3 is 0 Å². The highest BCUT2D eigenvalue weighted by Crippen LogP contribution is 2.31. The highest BCUT2D eigenvalue weighted by molar-refractivity contribution is 7.92. The number of benzene rings is 2. The van der Waals surface area contributed by atoms with Gasteiger partial charge in [-0.2, -0.15) is 0 Å². The SMILES string of the molecule is CCC(NC(=O)CCCN(c1cccc(Cl)c1C)S(C)(=O)=O)c1ccc(OC)c(OC)c1. The van der Waals surface area contributed by atoms with E-state index in [2.05, 4.69) is 5.32 Å². The van der Waals surface area contributed by atoms with E-state index in [9.17, 15) is 13.2 Å². The number of sulfonamides is 1. The summed E-state index contributed by atoms with van der Waals surface area (Å²) in [5.41, 5.74) is 2.12. The van der Waals surface area contributed by atoms with Crippen molar-refractivity contribution in [2.45, 2.75) is 39.2 Å². The van der Waals surface area contributed by atoms with Crippen LogP contribution in [0.15, 0.2) is 36.4 Å². The first-order valence-corrected chi connectivity index (χ1v) is 12.6. The van der Waals surface area contributed by atoms with E-state index in [4.69, 9.17) is 21.1 Å². The number of rotatable bonds is 11. The van der Waals surface area contributed by atoms with Gasteiger partial charge in [0.15, 0.2) is 11.5 Å². The summed E-state index contributed by atoms with van der Waals surface area (Å²) < 4.78 is 36.6. The zero-order valence-corrected chi connectivity index (χ0v) is 20.7. The highest BCUT2D eigenvalue weighted by atomic mass is 35.5. The summed E-state index contributed by atoms with van der Waals surface area (Å²) in [5, 5.41) is 3.52. The fourth-order valence-corrected chi connectivity index (χ4v) is 4.66. The molecule has 1 atom stereocenters. The Morgan fingerprint density at radius 3 is 2.44 bits per heavy atom. The van der Waals surface area contributed by atoms with Gasteiger partial charge in [0.05, 0.1) is 32.2 Å². The molecular formula is C23H31ClN2O5S. The zero-order valence-electron chi connectivity index (χ0n) is 19.1. The van der Waals surface area contributed by atoms with Crippen molar-refractivity contribution < 1.29 is 22.7 Å². The number of amides is 1. The third kappa shape index (κ3) is 6.53. The van der Waals surface area contributed by atoms with Crippen molar-refractivity contribution in [3.8, 4) is 11.5 Å². The molecular weight excluding hydrogens is 452 g/mol. The maximum Gasteiger partial charge on any atom is 0.232 e. The standard InChI is InChI=1S/C23H31ClN2O5S/c1-6-19(17-12-13-21(30-3)22(15-17)31-4)25-23(27)11-8-14-26(32(5,28)29)20-10-7-9-18(24)16(20)2/h7,9-10,12-13,15,19H,6,8,11,14H2,1-5H3,(H,25,27). The van der Waals surface area contributed by atoms with Crippen molar-refractivity contribution in [1.82, 2.24) is 5.32 Å². The van der Waals surface area contributed by atoms with Crippen LogP contribution in [0.5, 0.6) is 11.5 Å². The first kappa shape index (κ1) is 25.8. The quantitative estimate of drug-likeness (QED) is 0.510. The molecule has 0 aromatic heterocycles. The van der Waals surface area contributed by atoms with Crippen molar-refractivity contribution in [3.05, 3.63) is 52.5 Å². The second kappa shape index (κ2) is 11.4. The topological polar surface area (TPSA) is 84.9 Å². The highest BCUT2D eigenvalue weighted by Gasteiger charge is 2.21. The number of hydrogen-bond donors (Lipinski definition) is 1. The van der Waals surface area contributed by atoms with Gasteiger partial charge in [-0.1, -0.05) is 30.7 Å². The Bertz CT molecular complexity index is 1040. The molecule has 9 heteroatoms. The minimum atomic E-state index is -3.52. The summed E-state index contributed by atoms with van der Waals surface area (Å²) in [7, 11) is -0.386. The third-order valence-electron chi connectivity index (χ3n) is 5.23. The minimum absolute atomic E-state index is 0.150. The van der Waals surface area contributed by atoms with Gasteiger partial charge in [-0.15, -0.1) is 0 Å². The first-order chi connectivity index (χ1) is 15.1. The lowest BCUT2D eigenvalue weighted by Gasteiger charge is -2.25. The Morgan fingerprint density at radius 2 is 1.84 bits per heavy atom. The Kier molecular flexibility index (Phi) is 9.21. The molecule has 176 valence electrons. The molecule has 2 aromatic carbocycles. The second-order valence-electron chi connectivity index (χ2n) is 7.47. The monoisotopic (exact) mass is 482 g/mol. The van der Waals surface area contributed by atoms with Crippen LogP contribution in [0.25, 0.3) is 0 Å². The van der Waals surface area contributed by atoms with Gasteiger partial charge in [0.25, 0.3) is 0 Å². The van der Waals surface area contributed by atoms with Crippen LogP contribution >= 0.6 is 11.6 Å². The maximum absolute atomic E-state index is 12.6. The number of nitrogens with zero attached hydrogens (tertiary/aromatic N) is 1. The summed E-state index contributed by atoms with van der Waals surface area (Å²) in [5.74, 6) is 1.07. The van der Waals surface area contributed by atoms with Crippen LogP contribution in [0.2, 0.25) is 5.02 Å². The number of halogens is 1. The molecule has 0 aliphatic carbocycles. The van der Waals surface area contributed by atoms with E-state index >= 15 is 0 Å². The molecule has 0 radical (unpaired) electrons. The number of anilines is 1. The minimum Gasteiger partial charge on any atom is -0.493 e. The zero-order chi connectivity index (χ0) is 23.9. The predicted molar refractivity (Wildman–Crippen MR) is 128 cm³/mol. The van der Waals surface area contributed by atoms with E-state index in [1.165, 1.54) is 4.31 Å². The molecule has 7 nitrogen and oxygen atoms in total. The molecule has 2 rings (SSSR count). The van der Waals surface area contributed by atoms with E-state index in [1.54, 1.807) is 45.4 Å². The molecule has 0 saturated heterocycles. The van der Waals surface area contributed by atoms with Gasteiger partial charge in [-0.05, 0) is 55.2 Å². The molecule has 1 N–H and O–H groups in total. The summed E-state index contributed by atoms with van der Waals surface area (Å²) in [6, 6.07) is 10.5. The van der Waals surface area contributed by atoms with Crippen LogP contribution in [0, 0.1) is 6.92 Å². The van der Waals surface area contributed by atoms with Crippen LogP contribution < -0.4 is 19.1 Å². The smallest absolute Gasteiger partial charge is 0.232 e. The van der Waals surface area contributed by atoms with Gasteiger partial charge in [-0.25, -0.2) is 8.42 Å². The number of methoxy groups -OCH3 is 2. The van der Waals surface area contributed by atoms with E-state index in [0.29, 0.717) is 40.6 Å². The van der Waals surface area contributed by atoms with Crippen molar-refractivity contribution in [2.75, 3.05) is 31.3 Å². The molecule has 0 heterocycles. The number of ether oxygens (including phenoxy) is 2. The van der Waals surface area contributed by atoms with Crippen molar-refractivity contribution in [2.24, 2.45) is 0 Å². The van der Waals surface area contributed by atoms with Crippen LogP contribution in [0.3, 0.4) is 0 Å². The van der Waals surface area contributed by atoms with Crippen LogP contribution in [0.1, 0.15) is 43.4 Å². The van der Waals surface area contributed by atoms with Crippen molar-refractivity contribution >= 4 is 33.2 Å². The lowest BCUT2D eigenvalue weighted by Crippen LogP contribution is -2.33. The Balaban J connectivity index is 2.05. The van der Waals surface area contributed by atoms with Gasteiger partial charge in [0.2, 0.25) is 15.9 Å². The molecule has 32 heavy (non-hydrogen) atoms. The molecule has 1 unspecified atom stereocenters. The molecule has 1 amide bonds. The third-order valence-corrected chi connectivity index (χ3v) is 6.82. The van der Waals surface area contributed by atoms with Crippen LogP contribution in [0.4, 0.5) is 5.69 Å². The molecule has 2 aromatic rings. The largest absolute Gasteiger partial charge is 0.493 e. The molecule has 0 saturated carbocycles. The van der Waals surface area contributed by atoms with Crippen molar-refractivity contribution in [1.29, 1.82) is 0 Å². The van der Waals surface area contributed by atoms with Gasteiger partial charge in [0.1, 0.15) is 0 Å². The number of nitrogens with one attached hydrogen (secondary N) is 1. The summed E-state index contributed by atoms with van der Waals surface area (Å²) in [6.45, 7) is 3.94. The molecule has 0 aliphatic rings. The lowest BCUT2D eigenvalue weighted by atomic mass is 10.0. The van der Waals surface area contributed by atoms with Crippen LogP contribution in [-0.4, -0.2) is 41.3 Å². The number of carbonyl (C=O) groups excluding carboxylic acids is 1. The fraction of sp³-hybridized carbons (Fsp3) is 0.435. The summed E-state index contributed by atoms with van der Waals surface area (Å²) in [4.78, 5) is 12.6. The molecule has 0 fully saturated rings. The average Bonchev–Trinajstić information content (AvgIpc) is 2.76. The molecule has 0 spiro atoms. The lowest BCUT2D eigenvalue weighted by molar-refractivity contribution is -0.121.